The Morgan fingerprint density at radius 2 is 1.68 bits per heavy atom. The van der Waals surface area contributed by atoms with Crippen molar-refractivity contribution in [2.75, 3.05) is 5.32 Å². The molecule has 1 atom stereocenters. The first-order chi connectivity index (χ1) is 16.4. The lowest BCUT2D eigenvalue weighted by atomic mass is 10.1. The molecule has 0 radical (unpaired) electrons. The SMILES string of the molecule is CC(C(=O)Nc1cc(=O)[nH]c2nc(COc3ccccc3)nn12)N1C(=O)c2ccccc2C1=O. The van der Waals surface area contributed by atoms with Gasteiger partial charge in [-0.2, -0.15) is 9.50 Å². The van der Waals surface area contributed by atoms with E-state index in [9.17, 15) is 19.2 Å². The minimum Gasteiger partial charge on any atom is -0.486 e. The van der Waals surface area contributed by atoms with Crippen LogP contribution in [0.25, 0.3) is 5.78 Å². The fraction of sp³-hybridized carbons (Fsp3) is 0.130. The number of aromatic nitrogens is 4. The number of amides is 3. The van der Waals surface area contributed by atoms with E-state index in [-0.39, 0.29) is 35.2 Å². The van der Waals surface area contributed by atoms with E-state index in [1.807, 2.05) is 18.2 Å². The van der Waals surface area contributed by atoms with Crippen LogP contribution in [0.4, 0.5) is 5.82 Å². The van der Waals surface area contributed by atoms with E-state index in [4.69, 9.17) is 4.74 Å². The Balaban J connectivity index is 1.37. The minimum atomic E-state index is -1.13. The number of hydrogen-bond donors (Lipinski definition) is 2. The summed E-state index contributed by atoms with van der Waals surface area (Å²) in [6.45, 7) is 1.47. The highest BCUT2D eigenvalue weighted by molar-refractivity contribution is 6.23. The van der Waals surface area contributed by atoms with E-state index >= 15 is 0 Å². The maximum atomic E-state index is 13.0. The Morgan fingerprint density at radius 3 is 2.35 bits per heavy atom. The van der Waals surface area contributed by atoms with Crippen molar-refractivity contribution in [3.8, 4) is 5.75 Å². The monoisotopic (exact) mass is 458 g/mol. The third-order valence-electron chi connectivity index (χ3n) is 5.34. The van der Waals surface area contributed by atoms with Crippen LogP contribution in [0.1, 0.15) is 33.5 Å². The highest BCUT2D eigenvalue weighted by atomic mass is 16.5. The van der Waals surface area contributed by atoms with Gasteiger partial charge in [-0.3, -0.25) is 29.1 Å². The Bertz CT molecular complexity index is 1460. The molecule has 0 aliphatic carbocycles. The molecule has 11 nitrogen and oxygen atoms in total. The highest BCUT2D eigenvalue weighted by Crippen LogP contribution is 2.25. The summed E-state index contributed by atoms with van der Waals surface area (Å²) in [4.78, 5) is 58.1. The molecule has 4 aromatic rings. The molecule has 0 bridgehead atoms. The molecular formula is C23H18N6O5. The molecule has 2 N–H and O–H groups in total. The molecule has 0 spiro atoms. The first-order valence-electron chi connectivity index (χ1n) is 10.4. The Kier molecular flexibility index (Phi) is 5.13. The zero-order chi connectivity index (χ0) is 23.8. The molecule has 0 fully saturated rings. The van der Waals surface area contributed by atoms with Crippen molar-refractivity contribution in [1.29, 1.82) is 0 Å². The number of fused-ring (bicyclic) bond motifs is 2. The Morgan fingerprint density at radius 1 is 1.03 bits per heavy atom. The summed E-state index contributed by atoms with van der Waals surface area (Å²) in [5, 5.41) is 6.86. The zero-order valence-electron chi connectivity index (χ0n) is 17.9. The Hall–Kier alpha value is -4.80. The van der Waals surface area contributed by atoms with Crippen LogP contribution in [0.15, 0.2) is 65.5 Å². The van der Waals surface area contributed by atoms with Gasteiger partial charge in [0.05, 0.1) is 11.1 Å². The van der Waals surface area contributed by atoms with E-state index in [2.05, 4.69) is 20.4 Å². The van der Waals surface area contributed by atoms with Gasteiger partial charge < -0.3 is 10.1 Å². The van der Waals surface area contributed by atoms with Gasteiger partial charge in [0.2, 0.25) is 11.7 Å². The number of aromatic amines is 1. The second-order valence-electron chi connectivity index (χ2n) is 7.58. The van der Waals surface area contributed by atoms with E-state index in [0.29, 0.717) is 5.75 Å². The van der Waals surface area contributed by atoms with Gasteiger partial charge >= 0.3 is 0 Å². The van der Waals surface area contributed by atoms with Crippen molar-refractivity contribution in [1.82, 2.24) is 24.5 Å². The van der Waals surface area contributed by atoms with Crippen LogP contribution in [-0.2, 0) is 11.4 Å². The van der Waals surface area contributed by atoms with Crippen molar-refractivity contribution in [3.05, 3.63) is 88.0 Å². The molecule has 5 rings (SSSR count). The maximum absolute atomic E-state index is 13.0. The van der Waals surface area contributed by atoms with Crippen LogP contribution >= 0.6 is 0 Å². The van der Waals surface area contributed by atoms with E-state index in [0.717, 1.165) is 11.0 Å². The summed E-state index contributed by atoms with van der Waals surface area (Å²) in [6.07, 6.45) is 0. The van der Waals surface area contributed by atoms with Crippen LogP contribution in [0.5, 0.6) is 5.75 Å². The average Bonchev–Trinajstić information content (AvgIpc) is 3.36. The molecular weight excluding hydrogens is 440 g/mol. The fourth-order valence-electron chi connectivity index (χ4n) is 3.66. The molecule has 34 heavy (non-hydrogen) atoms. The summed E-state index contributed by atoms with van der Waals surface area (Å²) in [5.74, 6) is -0.749. The molecule has 2 aromatic heterocycles. The molecule has 1 unspecified atom stereocenters. The van der Waals surface area contributed by atoms with E-state index in [1.165, 1.54) is 23.6 Å². The summed E-state index contributed by atoms with van der Waals surface area (Å²) in [6, 6.07) is 15.4. The third kappa shape index (κ3) is 3.68. The average molecular weight is 458 g/mol. The maximum Gasteiger partial charge on any atom is 0.262 e. The van der Waals surface area contributed by atoms with Gasteiger partial charge in [-0.25, -0.2) is 0 Å². The number of H-pyrrole nitrogens is 1. The quantitative estimate of drug-likeness (QED) is 0.419. The van der Waals surface area contributed by atoms with Gasteiger partial charge in [-0.1, -0.05) is 30.3 Å². The summed E-state index contributed by atoms with van der Waals surface area (Å²) >= 11 is 0. The smallest absolute Gasteiger partial charge is 0.262 e. The van der Waals surface area contributed by atoms with Crippen LogP contribution in [0.2, 0.25) is 0 Å². The van der Waals surface area contributed by atoms with Gasteiger partial charge in [-0.15, -0.1) is 5.10 Å². The van der Waals surface area contributed by atoms with Crippen molar-refractivity contribution in [2.24, 2.45) is 0 Å². The van der Waals surface area contributed by atoms with Gasteiger partial charge in [0.1, 0.15) is 24.2 Å². The van der Waals surface area contributed by atoms with E-state index in [1.54, 1.807) is 24.3 Å². The summed E-state index contributed by atoms with van der Waals surface area (Å²) in [7, 11) is 0. The number of carbonyl (C=O) groups is 3. The standard InChI is InChI=1S/C23H18N6O5/c1-13(28-21(32)15-9-5-6-10-16(15)22(28)33)20(31)25-18-11-19(30)26-23-24-17(27-29(18)23)12-34-14-7-3-2-4-8-14/h2-11,13H,12H2,1H3,(H,25,31)(H,24,26,27,30). The normalized spacial score (nSPS) is 13.7. The number of nitrogens with one attached hydrogen (secondary N) is 2. The van der Waals surface area contributed by atoms with Crippen LogP contribution in [-0.4, -0.2) is 48.2 Å². The summed E-state index contributed by atoms with van der Waals surface area (Å²) < 4.78 is 6.88. The number of anilines is 1. The lowest BCUT2D eigenvalue weighted by Gasteiger charge is -2.21. The fourth-order valence-corrected chi connectivity index (χ4v) is 3.66. The van der Waals surface area contributed by atoms with Crippen molar-refractivity contribution in [2.45, 2.75) is 19.6 Å². The van der Waals surface area contributed by atoms with Crippen LogP contribution in [0.3, 0.4) is 0 Å². The molecule has 0 saturated carbocycles. The molecule has 1 aliphatic rings. The molecule has 11 heteroatoms. The number of imide groups is 1. The van der Waals surface area contributed by atoms with Crippen LogP contribution in [0, 0.1) is 0 Å². The number of rotatable bonds is 6. The molecule has 2 aromatic carbocycles. The summed E-state index contributed by atoms with van der Waals surface area (Å²) in [5.41, 5.74) is -0.0332. The first kappa shape index (κ1) is 21.1. The second kappa shape index (κ2) is 8.28. The zero-order valence-corrected chi connectivity index (χ0v) is 17.9. The number of para-hydroxylation sites is 1. The Labute approximate surface area is 192 Å². The van der Waals surface area contributed by atoms with Crippen molar-refractivity contribution >= 4 is 29.3 Å². The molecule has 3 heterocycles. The predicted molar refractivity (Wildman–Crippen MR) is 119 cm³/mol. The van der Waals surface area contributed by atoms with Crippen LogP contribution < -0.4 is 15.6 Å². The third-order valence-corrected chi connectivity index (χ3v) is 5.34. The van der Waals surface area contributed by atoms with E-state index < -0.39 is 29.3 Å². The van der Waals surface area contributed by atoms with Gasteiger partial charge in [-0.05, 0) is 31.2 Å². The number of ether oxygens (including phenoxy) is 1. The first-order valence-corrected chi connectivity index (χ1v) is 10.4. The highest BCUT2D eigenvalue weighted by Gasteiger charge is 2.40. The topological polar surface area (TPSA) is 139 Å². The number of benzene rings is 2. The van der Waals surface area contributed by atoms with Gasteiger partial charge in [0, 0.05) is 6.07 Å². The predicted octanol–water partition coefficient (Wildman–Crippen LogP) is 1.62. The van der Waals surface area contributed by atoms with Crippen molar-refractivity contribution < 1.29 is 19.1 Å². The largest absolute Gasteiger partial charge is 0.486 e. The van der Waals surface area contributed by atoms with Gasteiger partial charge in [0.15, 0.2) is 5.82 Å². The number of nitrogens with zero attached hydrogens (tertiary/aromatic N) is 4. The molecule has 1 aliphatic heterocycles. The lowest BCUT2D eigenvalue weighted by Crippen LogP contribution is -2.45. The number of hydrogen-bond acceptors (Lipinski definition) is 7. The molecule has 170 valence electrons. The molecule has 3 amide bonds. The minimum absolute atomic E-state index is 0.0330. The number of carbonyl (C=O) groups excluding carboxylic acids is 3. The van der Waals surface area contributed by atoms with Crippen molar-refractivity contribution in [3.63, 3.8) is 0 Å². The van der Waals surface area contributed by atoms with Gasteiger partial charge in [0.25, 0.3) is 17.4 Å². The molecule has 0 saturated heterocycles. The second-order valence-corrected chi connectivity index (χ2v) is 7.58. The lowest BCUT2D eigenvalue weighted by molar-refractivity contribution is -0.119.